The van der Waals surface area contributed by atoms with E-state index in [-0.39, 0.29) is 30.5 Å². The third kappa shape index (κ3) is 7.62. The molecule has 2 atom stereocenters. The first-order valence-electron chi connectivity index (χ1n) is 9.86. The summed E-state index contributed by atoms with van der Waals surface area (Å²) in [6.07, 6.45) is 2.65. The highest BCUT2D eigenvalue weighted by Crippen LogP contribution is 2.27. The van der Waals surface area contributed by atoms with Gasteiger partial charge in [0.1, 0.15) is 17.1 Å². The third-order valence-corrected chi connectivity index (χ3v) is 4.90. The molecule has 1 aliphatic rings. The fourth-order valence-electron chi connectivity index (χ4n) is 3.57. The fraction of sp³-hybridized carbons (Fsp3) is 0.750. The molecule has 156 valence electrons. The number of hydrogen-bond donors (Lipinski definition) is 3. The van der Waals surface area contributed by atoms with Gasteiger partial charge >= 0.3 is 0 Å². The lowest BCUT2D eigenvalue weighted by molar-refractivity contribution is 0.0657. The number of hydrogen-bond acceptors (Lipinski definition) is 4. The summed E-state index contributed by atoms with van der Waals surface area (Å²) in [7, 11) is 0. The summed E-state index contributed by atoms with van der Waals surface area (Å²) in [6, 6.07) is 1.89. The molecule has 2 heterocycles. The first-order valence-corrected chi connectivity index (χ1v) is 9.86. The van der Waals surface area contributed by atoms with Gasteiger partial charge in [-0.15, -0.1) is 24.0 Å². The van der Waals surface area contributed by atoms with Gasteiger partial charge in [-0.25, -0.2) is 4.99 Å². The molecule has 0 saturated carbocycles. The molecule has 7 heteroatoms. The molecule has 6 nitrogen and oxygen atoms in total. The van der Waals surface area contributed by atoms with E-state index in [2.05, 4.69) is 27.4 Å². The van der Waals surface area contributed by atoms with E-state index in [9.17, 15) is 5.11 Å². The van der Waals surface area contributed by atoms with E-state index in [1.165, 1.54) is 25.9 Å². The summed E-state index contributed by atoms with van der Waals surface area (Å²) in [5.74, 6) is 2.86. The quantitative estimate of drug-likeness (QED) is 0.296. The summed E-state index contributed by atoms with van der Waals surface area (Å²) in [5.41, 5.74) is -0.247. The minimum absolute atomic E-state index is 0. The van der Waals surface area contributed by atoms with Gasteiger partial charge in [0, 0.05) is 25.2 Å². The zero-order valence-electron chi connectivity index (χ0n) is 17.5. The molecule has 2 unspecified atom stereocenters. The number of furan rings is 1. The van der Waals surface area contributed by atoms with Crippen molar-refractivity contribution < 1.29 is 9.52 Å². The summed E-state index contributed by atoms with van der Waals surface area (Å²) >= 11 is 0. The predicted molar refractivity (Wildman–Crippen MR) is 122 cm³/mol. The lowest BCUT2D eigenvalue weighted by atomic mass is 9.96. The van der Waals surface area contributed by atoms with Crippen LogP contribution in [0.5, 0.6) is 0 Å². The van der Waals surface area contributed by atoms with Gasteiger partial charge in [0.05, 0.1) is 6.54 Å². The van der Waals surface area contributed by atoms with Gasteiger partial charge in [0.15, 0.2) is 5.96 Å². The second-order valence-electron chi connectivity index (χ2n) is 7.79. The van der Waals surface area contributed by atoms with E-state index in [0.717, 1.165) is 42.7 Å². The van der Waals surface area contributed by atoms with Crippen LogP contribution in [0.4, 0.5) is 0 Å². The van der Waals surface area contributed by atoms with Crippen LogP contribution < -0.4 is 10.6 Å². The molecule has 0 amide bonds. The smallest absolute Gasteiger partial charge is 0.191 e. The lowest BCUT2D eigenvalue weighted by Gasteiger charge is -2.23. The number of likely N-dealkylation sites (tertiary alicyclic amines) is 1. The normalized spacial score (nSPS) is 18.7. The van der Waals surface area contributed by atoms with Gasteiger partial charge < -0.3 is 25.1 Å². The molecule has 1 aromatic rings. The molecule has 27 heavy (non-hydrogen) atoms. The Morgan fingerprint density at radius 2 is 2.00 bits per heavy atom. The fourth-order valence-corrected chi connectivity index (χ4v) is 3.57. The number of guanidine groups is 1. The maximum Gasteiger partial charge on any atom is 0.191 e. The first kappa shape index (κ1) is 24.2. The second-order valence-corrected chi connectivity index (χ2v) is 7.79. The van der Waals surface area contributed by atoms with Crippen LogP contribution in [0.25, 0.3) is 0 Å². The van der Waals surface area contributed by atoms with Crippen molar-refractivity contribution >= 4 is 29.9 Å². The molecule has 0 aliphatic carbocycles. The zero-order chi connectivity index (χ0) is 19.2. The van der Waals surface area contributed by atoms with Gasteiger partial charge in [0.2, 0.25) is 0 Å². The predicted octanol–water partition coefficient (Wildman–Crippen LogP) is 3.01. The van der Waals surface area contributed by atoms with Gasteiger partial charge in [-0.3, -0.25) is 0 Å². The Morgan fingerprint density at radius 3 is 2.56 bits per heavy atom. The van der Waals surface area contributed by atoms with E-state index in [0.29, 0.717) is 5.92 Å². The highest BCUT2D eigenvalue weighted by Gasteiger charge is 2.27. The molecule has 3 N–H and O–H groups in total. The molecular formula is C20H37IN4O2. The number of aliphatic imine (C=N–C) groups is 1. The van der Waals surface area contributed by atoms with E-state index in [4.69, 9.17) is 4.42 Å². The van der Waals surface area contributed by atoms with E-state index < -0.39 is 5.60 Å². The highest BCUT2D eigenvalue weighted by molar-refractivity contribution is 14.0. The van der Waals surface area contributed by atoms with Crippen LogP contribution in [0.3, 0.4) is 0 Å². The molecule has 1 aromatic heterocycles. The average Bonchev–Trinajstić information content (AvgIpc) is 3.19. The van der Waals surface area contributed by atoms with Crippen molar-refractivity contribution in [1.29, 1.82) is 0 Å². The van der Waals surface area contributed by atoms with Crippen LogP contribution in [-0.4, -0.2) is 55.2 Å². The van der Waals surface area contributed by atoms with Crippen LogP contribution >= 0.6 is 24.0 Å². The summed E-state index contributed by atoms with van der Waals surface area (Å²) < 4.78 is 5.55. The number of halogens is 1. The average molecular weight is 492 g/mol. The molecular weight excluding hydrogens is 455 g/mol. The van der Waals surface area contributed by atoms with Gasteiger partial charge in [-0.05, 0) is 65.6 Å². The molecule has 1 fully saturated rings. The number of rotatable bonds is 8. The van der Waals surface area contributed by atoms with Crippen molar-refractivity contribution in [3.05, 3.63) is 23.2 Å². The Morgan fingerprint density at radius 1 is 1.33 bits per heavy atom. The topological polar surface area (TPSA) is 73.0 Å². The monoisotopic (exact) mass is 492 g/mol. The Hall–Kier alpha value is -0.800. The first-order chi connectivity index (χ1) is 12.3. The van der Waals surface area contributed by atoms with Crippen LogP contribution in [0, 0.1) is 19.8 Å². The van der Waals surface area contributed by atoms with Crippen molar-refractivity contribution in [2.75, 3.05) is 39.3 Å². The van der Waals surface area contributed by atoms with Crippen molar-refractivity contribution in [1.82, 2.24) is 15.5 Å². The summed E-state index contributed by atoms with van der Waals surface area (Å²) in [5, 5.41) is 17.5. The second kappa shape index (κ2) is 11.3. The molecule has 1 aliphatic heterocycles. The Kier molecular flexibility index (Phi) is 10.1. The van der Waals surface area contributed by atoms with Crippen LogP contribution in [0.1, 0.15) is 50.7 Å². The van der Waals surface area contributed by atoms with Crippen LogP contribution in [-0.2, 0) is 5.60 Å². The van der Waals surface area contributed by atoms with E-state index in [1.54, 1.807) is 6.92 Å². The van der Waals surface area contributed by atoms with Crippen molar-refractivity contribution in [3.8, 4) is 0 Å². The minimum atomic E-state index is -1.05. The molecule has 2 rings (SSSR count). The van der Waals surface area contributed by atoms with Gasteiger partial charge in [-0.2, -0.15) is 0 Å². The standard InChI is InChI=1S/C20H36N4O2.HI/c1-6-21-19(22-12-15(2)13-24-9-7-8-10-24)23-14-20(5,25)18-11-16(3)26-17(18)4;/h11,15,25H,6-10,12-14H2,1-5H3,(H2,21,22,23);1H. The molecule has 0 aromatic carbocycles. The molecule has 0 spiro atoms. The van der Waals surface area contributed by atoms with Gasteiger partial charge in [-0.1, -0.05) is 6.92 Å². The Bertz CT molecular complexity index is 595. The molecule has 0 radical (unpaired) electrons. The maximum atomic E-state index is 10.8. The van der Waals surface area contributed by atoms with Gasteiger partial charge in [0.25, 0.3) is 0 Å². The number of aliphatic hydroxyl groups is 1. The zero-order valence-corrected chi connectivity index (χ0v) is 19.8. The van der Waals surface area contributed by atoms with Crippen LogP contribution in [0.15, 0.2) is 15.5 Å². The molecule has 1 saturated heterocycles. The minimum Gasteiger partial charge on any atom is -0.466 e. The van der Waals surface area contributed by atoms with E-state index >= 15 is 0 Å². The lowest BCUT2D eigenvalue weighted by Crippen LogP contribution is -2.42. The van der Waals surface area contributed by atoms with Crippen LogP contribution in [0.2, 0.25) is 0 Å². The van der Waals surface area contributed by atoms with Crippen molar-refractivity contribution in [2.24, 2.45) is 10.9 Å². The largest absolute Gasteiger partial charge is 0.466 e. The van der Waals surface area contributed by atoms with E-state index in [1.807, 2.05) is 26.8 Å². The SMILES string of the molecule is CCNC(=NCC(C)(O)c1cc(C)oc1C)NCC(C)CN1CCCC1.I. The van der Waals surface area contributed by atoms with Crippen molar-refractivity contribution in [3.63, 3.8) is 0 Å². The Labute approximate surface area is 181 Å². The Balaban J connectivity index is 0.00000364. The third-order valence-electron chi connectivity index (χ3n) is 4.90. The van der Waals surface area contributed by atoms with Crippen molar-refractivity contribution in [2.45, 2.75) is 53.1 Å². The number of nitrogens with one attached hydrogen (secondary N) is 2. The summed E-state index contributed by atoms with van der Waals surface area (Å²) in [6.45, 7) is 15.4. The number of nitrogens with zero attached hydrogens (tertiary/aromatic N) is 2. The number of aryl methyl sites for hydroxylation is 2. The summed E-state index contributed by atoms with van der Waals surface area (Å²) in [4.78, 5) is 7.14. The molecule has 0 bridgehead atoms. The highest BCUT2D eigenvalue weighted by atomic mass is 127. The maximum absolute atomic E-state index is 10.8.